The van der Waals surface area contributed by atoms with Gasteiger partial charge >= 0.3 is 0 Å². The van der Waals surface area contributed by atoms with E-state index in [1.807, 2.05) is 42.6 Å². The molecule has 1 aromatic heterocycles. The zero-order chi connectivity index (χ0) is 13.7. The second kappa shape index (κ2) is 6.93. The molecule has 0 aliphatic carbocycles. The second-order valence-electron chi connectivity index (χ2n) is 3.91. The molecule has 1 aromatic carbocycles. The van der Waals surface area contributed by atoms with E-state index in [4.69, 9.17) is 15.2 Å². The van der Waals surface area contributed by atoms with Gasteiger partial charge in [-0.25, -0.2) is 0 Å². The van der Waals surface area contributed by atoms with Gasteiger partial charge in [-0.05, 0) is 53.2 Å². The summed E-state index contributed by atoms with van der Waals surface area (Å²) < 4.78 is 12.4. The molecule has 2 aromatic rings. The molecule has 102 valence electrons. The Morgan fingerprint density at radius 2 is 1.95 bits per heavy atom. The Morgan fingerprint density at radius 3 is 2.47 bits per heavy atom. The number of thiophene rings is 1. The third kappa shape index (κ3) is 3.96. The van der Waals surface area contributed by atoms with Crippen LogP contribution in [0, 0.1) is 0 Å². The van der Waals surface area contributed by atoms with Crippen LogP contribution in [0.3, 0.4) is 0 Å². The van der Waals surface area contributed by atoms with Crippen LogP contribution >= 0.6 is 27.3 Å². The first-order chi connectivity index (χ1) is 9.22. The van der Waals surface area contributed by atoms with Crippen molar-refractivity contribution in [2.24, 2.45) is 5.73 Å². The largest absolute Gasteiger partial charge is 0.494 e. The Labute approximate surface area is 125 Å². The first-order valence-corrected chi connectivity index (χ1v) is 7.73. The normalized spacial score (nSPS) is 12.2. The van der Waals surface area contributed by atoms with Crippen LogP contribution in [0.15, 0.2) is 40.2 Å². The van der Waals surface area contributed by atoms with Gasteiger partial charge in [0.25, 0.3) is 0 Å². The zero-order valence-corrected chi connectivity index (χ0v) is 13.0. The molecule has 0 amide bonds. The van der Waals surface area contributed by atoms with E-state index in [0.29, 0.717) is 13.2 Å². The number of hydrogen-bond donors (Lipinski definition) is 1. The Hall–Kier alpha value is -1.04. The van der Waals surface area contributed by atoms with Crippen LogP contribution in [-0.2, 0) is 0 Å². The number of nitrogens with two attached hydrogens (primary N) is 1. The van der Waals surface area contributed by atoms with Crippen molar-refractivity contribution in [3.63, 3.8) is 0 Å². The Morgan fingerprint density at radius 1 is 1.26 bits per heavy atom. The lowest BCUT2D eigenvalue weighted by Gasteiger charge is -2.16. The van der Waals surface area contributed by atoms with Gasteiger partial charge in [0, 0.05) is 21.3 Å². The summed E-state index contributed by atoms with van der Waals surface area (Å²) in [6, 6.07) is 9.64. The lowest BCUT2D eigenvalue weighted by Crippen LogP contribution is -2.17. The summed E-state index contributed by atoms with van der Waals surface area (Å²) in [4.78, 5) is 1.11. The zero-order valence-electron chi connectivity index (χ0n) is 10.6. The van der Waals surface area contributed by atoms with Gasteiger partial charge < -0.3 is 15.2 Å². The molecule has 3 nitrogen and oxygen atoms in total. The first-order valence-electron chi connectivity index (χ1n) is 6.06. The SMILES string of the molecule is CCOc1ccc(OC(CN)c2cc(Br)cs2)cc1. The lowest BCUT2D eigenvalue weighted by atomic mass is 10.2. The monoisotopic (exact) mass is 341 g/mol. The molecule has 0 bridgehead atoms. The molecule has 0 spiro atoms. The van der Waals surface area contributed by atoms with Crippen LogP contribution in [0.2, 0.25) is 0 Å². The third-order valence-electron chi connectivity index (χ3n) is 2.53. The summed E-state index contributed by atoms with van der Waals surface area (Å²) in [7, 11) is 0. The van der Waals surface area contributed by atoms with E-state index in [0.717, 1.165) is 20.8 Å². The van der Waals surface area contributed by atoms with Crippen LogP contribution in [0.5, 0.6) is 11.5 Å². The van der Waals surface area contributed by atoms with Gasteiger partial charge in [0.2, 0.25) is 0 Å². The second-order valence-corrected chi connectivity index (χ2v) is 5.77. The van der Waals surface area contributed by atoms with Crippen molar-refractivity contribution in [2.45, 2.75) is 13.0 Å². The van der Waals surface area contributed by atoms with Crippen molar-refractivity contribution in [3.05, 3.63) is 45.1 Å². The fourth-order valence-corrected chi connectivity index (χ4v) is 3.15. The van der Waals surface area contributed by atoms with E-state index in [-0.39, 0.29) is 6.10 Å². The smallest absolute Gasteiger partial charge is 0.145 e. The third-order valence-corrected chi connectivity index (χ3v) is 4.32. The predicted molar refractivity (Wildman–Crippen MR) is 82.1 cm³/mol. The highest BCUT2D eigenvalue weighted by Crippen LogP contribution is 2.29. The topological polar surface area (TPSA) is 44.5 Å². The van der Waals surface area contributed by atoms with E-state index < -0.39 is 0 Å². The van der Waals surface area contributed by atoms with E-state index in [9.17, 15) is 0 Å². The average molecular weight is 342 g/mol. The van der Waals surface area contributed by atoms with Crippen LogP contribution < -0.4 is 15.2 Å². The summed E-state index contributed by atoms with van der Waals surface area (Å²) in [5.74, 6) is 1.64. The molecule has 2 rings (SSSR count). The molecule has 0 saturated heterocycles. The minimum Gasteiger partial charge on any atom is -0.494 e. The standard InChI is InChI=1S/C14H16BrNO2S/c1-2-17-11-3-5-12(6-4-11)18-13(8-16)14-7-10(15)9-19-14/h3-7,9,13H,2,8,16H2,1H3. The molecule has 0 aliphatic rings. The van der Waals surface area contributed by atoms with Gasteiger partial charge in [0.1, 0.15) is 17.6 Å². The van der Waals surface area contributed by atoms with Crippen molar-refractivity contribution in [1.82, 2.24) is 0 Å². The highest BCUT2D eigenvalue weighted by atomic mass is 79.9. The van der Waals surface area contributed by atoms with E-state index >= 15 is 0 Å². The fraction of sp³-hybridized carbons (Fsp3) is 0.286. The molecule has 0 radical (unpaired) electrons. The summed E-state index contributed by atoms with van der Waals surface area (Å²) in [6.07, 6.45) is -0.116. The molecule has 0 saturated carbocycles. The predicted octanol–water partition coefficient (Wildman–Crippen LogP) is 3.99. The molecule has 1 atom stereocenters. The van der Waals surface area contributed by atoms with Crippen LogP contribution in [-0.4, -0.2) is 13.2 Å². The maximum atomic E-state index is 5.91. The first kappa shape index (κ1) is 14.4. The highest BCUT2D eigenvalue weighted by Gasteiger charge is 2.13. The van der Waals surface area contributed by atoms with Crippen molar-refractivity contribution in [2.75, 3.05) is 13.2 Å². The Balaban J connectivity index is 2.05. The average Bonchev–Trinajstić information content (AvgIpc) is 2.85. The summed E-state index contributed by atoms with van der Waals surface area (Å²) in [5.41, 5.74) is 5.78. The molecule has 0 fully saturated rings. The molecule has 0 aliphatic heterocycles. The fourth-order valence-electron chi connectivity index (χ4n) is 1.66. The maximum Gasteiger partial charge on any atom is 0.145 e. The quantitative estimate of drug-likeness (QED) is 0.863. The molecular weight excluding hydrogens is 326 g/mol. The number of rotatable bonds is 6. The highest BCUT2D eigenvalue weighted by molar-refractivity contribution is 9.10. The number of benzene rings is 1. The van der Waals surface area contributed by atoms with E-state index in [1.54, 1.807) is 11.3 Å². The Kier molecular flexibility index (Phi) is 5.24. The van der Waals surface area contributed by atoms with Gasteiger partial charge in [-0.3, -0.25) is 0 Å². The van der Waals surface area contributed by atoms with E-state index in [2.05, 4.69) is 15.9 Å². The molecule has 2 N–H and O–H groups in total. The van der Waals surface area contributed by atoms with Gasteiger partial charge in [-0.2, -0.15) is 0 Å². The summed E-state index contributed by atoms with van der Waals surface area (Å²) in [6.45, 7) is 3.07. The van der Waals surface area contributed by atoms with Crippen LogP contribution in [0.25, 0.3) is 0 Å². The van der Waals surface area contributed by atoms with Gasteiger partial charge in [0.15, 0.2) is 0 Å². The van der Waals surface area contributed by atoms with Crippen molar-refractivity contribution >= 4 is 27.3 Å². The minimum absolute atomic E-state index is 0.116. The van der Waals surface area contributed by atoms with Crippen LogP contribution in [0.4, 0.5) is 0 Å². The number of ether oxygens (including phenoxy) is 2. The summed E-state index contributed by atoms with van der Waals surface area (Å²) >= 11 is 5.08. The lowest BCUT2D eigenvalue weighted by molar-refractivity contribution is 0.217. The summed E-state index contributed by atoms with van der Waals surface area (Å²) in [5, 5.41) is 2.03. The molecule has 19 heavy (non-hydrogen) atoms. The Bertz CT molecular complexity index is 512. The van der Waals surface area contributed by atoms with Gasteiger partial charge in [-0.1, -0.05) is 0 Å². The van der Waals surface area contributed by atoms with Gasteiger partial charge in [-0.15, -0.1) is 11.3 Å². The van der Waals surface area contributed by atoms with Crippen LogP contribution in [0.1, 0.15) is 17.9 Å². The van der Waals surface area contributed by atoms with Crippen molar-refractivity contribution in [1.29, 1.82) is 0 Å². The van der Waals surface area contributed by atoms with Crippen molar-refractivity contribution < 1.29 is 9.47 Å². The number of halogens is 1. The molecular formula is C14H16BrNO2S. The minimum atomic E-state index is -0.116. The molecule has 5 heteroatoms. The molecule has 1 heterocycles. The number of hydrogen-bond acceptors (Lipinski definition) is 4. The molecule has 1 unspecified atom stereocenters. The van der Waals surface area contributed by atoms with Crippen molar-refractivity contribution in [3.8, 4) is 11.5 Å². The van der Waals surface area contributed by atoms with Gasteiger partial charge in [0.05, 0.1) is 6.61 Å². The van der Waals surface area contributed by atoms with E-state index in [1.165, 1.54) is 0 Å². The maximum absolute atomic E-state index is 5.91.